The van der Waals surface area contributed by atoms with Crippen molar-refractivity contribution in [1.82, 2.24) is 0 Å². The third kappa shape index (κ3) is 3.43. The van der Waals surface area contributed by atoms with Gasteiger partial charge in [0.05, 0.1) is 31.4 Å². The lowest BCUT2D eigenvalue weighted by atomic mass is 10.1. The minimum Gasteiger partial charge on any atom is -0.823 e. The van der Waals surface area contributed by atoms with Crippen LogP contribution in [0.2, 0.25) is 0 Å². The van der Waals surface area contributed by atoms with Crippen LogP contribution in [-0.4, -0.2) is 26.8 Å². The molecule has 0 spiro atoms. The number of ether oxygens (including phenoxy) is 3. The third-order valence-electron chi connectivity index (χ3n) is 2.98. The van der Waals surface area contributed by atoms with Gasteiger partial charge in [-0.1, -0.05) is 44.0 Å². The maximum Gasteiger partial charge on any atom is 0.171 e. The van der Waals surface area contributed by atoms with Gasteiger partial charge < -0.3 is 19.3 Å². The number of methoxy groups -OCH3 is 3. The van der Waals surface area contributed by atoms with Gasteiger partial charge in [-0.05, 0) is 15.9 Å². The highest BCUT2D eigenvalue weighted by Crippen LogP contribution is 2.43. The molecule has 0 saturated heterocycles. The highest BCUT2D eigenvalue weighted by atomic mass is 79.9. The van der Waals surface area contributed by atoms with Crippen molar-refractivity contribution in [3.8, 4) is 17.2 Å². The number of benzene rings is 2. The van der Waals surface area contributed by atoms with Gasteiger partial charge in [0, 0.05) is 11.4 Å². The molecule has 0 saturated carbocycles. The second-order valence-corrected chi connectivity index (χ2v) is 6.26. The summed E-state index contributed by atoms with van der Waals surface area (Å²) in [5.74, 6) is 1.28. The van der Waals surface area contributed by atoms with E-state index < -0.39 is 0 Å². The summed E-state index contributed by atoms with van der Waals surface area (Å²) in [6, 6.07) is 11.2. The zero-order valence-electron chi connectivity index (χ0n) is 12.4. The average Bonchev–Trinajstić information content (AvgIpc) is 2.54. The molecule has 0 radical (unpaired) electrons. The molecule has 0 fully saturated rings. The molecule has 0 bridgehead atoms. The van der Waals surface area contributed by atoms with Crippen LogP contribution in [0.4, 0.5) is 0 Å². The first-order chi connectivity index (χ1) is 10.6. The molecular weight excluding hydrogens is 367 g/mol. The van der Waals surface area contributed by atoms with Crippen molar-refractivity contribution in [3.05, 3.63) is 46.4 Å². The van der Waals surface area contributed by atoms with Gasteiger partial charge in [-0.15, -0.1) is 0 Å². The van der Waals surface area contributed by atoms with E-state index in [9.17, 15) is 5.11 Å². The molecule has 0 aliphatic carbocycles. The van der Waals surface area contributed by atoms with Crippen molar-refractivity contribution in [3.63, 3.8) is 0 Å². The van der Waals surface area contributed by atoms with E-state index in [1.165, 1.54) is 21.3 Å². The predicted octanol–water partition coefficient (Wildman–Crippen LogP) is 2.58. The first-order valence-electron chi connectivity index (χ1n) is 6.42. The Morgan fingerprint density at radius 2 is 1.64 bits per heavy atom. The fourth-order valence-corrected chi connectivity index (χ4v) is 3.45. The maximum absolute atomic E-state index is 12.7. The number of hydrogen-bond donors (Lipinski definition) is 0. The van der Waals surface area contributed by atoms with Gasteiger partial charge in [-0.2, -0.15) is 0 Å². The molecule has 0 aliphatic rings. The first kappa shape index (κ1) is 16.8. The Morgan fingerprint density at radius 1 is 1.00 bits per heavy atom. The van der Waals surface area contributed by atoms with Gasteiger partial charge in [-0.3, -0.25) is 0 Å². The SMILES string of the molecule is COc1cc(Br)c(OC)c(C([O-])=Pc2ccccc2)c1OC. The highest BCUT2D eigenvalue weighted by Gasteiger charge is 2.18. The zero-order valence-corrected chi connectivity index (χ0v) is 14.9. The summed E-state index contributed by atoms with van der Waals surface area (Å²) in [6.07, 6.45) is 0. The Bertz CT molecular complexity index is 686. The van der Waals surface area contributed by atoms with Crippen LogP contribution in [-0.2, 0) is 0 Å². The van der Waals surface area contributed by atoms with E-state index in [-0.39, 0.29) is 5.48 Å². The molecule has 0 aliphatic heterocycles. The molecule has 0 unspecified atom stereocenters. The van der Waals surface area contributed by atoms with E-state index in [1.54, 1.807) is 6.07 Å². The summed E-state index contributed by atoms with van der Waals surface area (Å²) in [4.78, 5) is 0. The largest absolute Gasteiger partial charge is 0.823 e. The van der Waals surface area contributed by atoms with Crippen molar-refractivity contribution < 1.29 is 19.3 Å². The molecular formula is C16H15BrO4P-. The molecule has 2 rings (SSSR count). The summed E-state index contributed by atoms with van der Waals surface area (Å²) in [7, 11) is 5.09. The third-order valence-corrected chi connectivity index (χ3v) is 4.55. The Morgan fingerprint density at radius 3 is 2.18 bits per heavy atom. The topological polar surface area (TPSA) is 50.8 Å². The summed E-state index contributed by atoms with van der Waals surface area (Å²) < 4.78 is 16.7. The van der Waals surface area contributed by atoms with Crippen LogP contribution in [0.25, 0.3) is 0 Å². The quantitative estimate of drug-likeness (QED) is 0.747. The molecule has 4 nitrogen and oxygen atoms in total. The molecule has 22 heavy (non-hydrogen) atoms. The van der Waals surface area contributed by atoms with Gasteiger partial charge in [0.15, 0.2) is 11.5 Å². The number of rotatable bonds is 5. The van der Waals surface area contributed by atoms with Crippen LogP contribution >= 0.6 is 24.1 Å². The molecule has 2 aromatic carbocycles. The van der Waals surface area contributed by atoms with Crippen LogP contribution in [0.15, 0.2) is 40.9 Å². The molecule has 116 valence electrons. The molecule has 0 aromatic heterocycles. The molecule has 2 aromatic rings. The van der Waals surface area contributed by atoms with E-state index in [0.717, 1.165) is 5.30 Å². The lowest BCUT2D eigenvalue weighted by molar-refractivity contribution is -0.207. The van der Waals surface area contributed by atoms with Gasteiger partial charge in [0.2, 0.25) is 0 Å². The van der Waals surface area contributed by atoms with Gasteiger partial charge in [0.1, 0.15) is 5.75 Å². The van der Waals surface area contributed by atoms with Crippen molar-refractivity contribution in [2.45, 2.75) is 0 Å². The van der Waals surface area contributed by atoms with E-state index in [0.29, 0.717) is 35.5 Å². The highest BCUT2D eigenvalue weighted by molar-refractivity contribution is 9.10. The lowest BCUT2D eigenvalue weighted by Gasteiger charge is -2.22. The minimum atomic E-state index is -0.125. The molecule has 0 heterocycles. The van der Waals surface area contributed by atoms with E-state index in [1.807, 2.05) is 30.3 Å². The van der Waals surface area contributed by atoms with Crippen LogP contribution in [0.1, 0.15) is 5.56 Å². The van der Waals surface area contributed by atoms with Crippen molar-refractivity contribution in [2.75, 3.05) is 21.3 Å². The average molecular weight is 382 g/mol. The Balaban J connectivity index is 2.66. The standard InChI is InChI=1S/C16H16BrO4P/c1-19-12-9-11(17)14(20-2)13(15(12)21-3)16(18)22-10-7-5-4-6-8-10/h4-9,18H,1-3H3/p-1. The molecule has 0 atom stereocenters. The second kappa shape index (κ2) is 7.63. The summed E-state index contributed by atoms with van der Waals surface area (Å²) in [6.45, 7) is 0. The Kier molecular flexibility index (Phi) is 5.83. The summed E-state index contributed by atoms with van der Waals surface area (Å²) >= 11 is 3.40. The Hall–Kier alpha value is -1.55. The molecule has 6 heteroatoms. The summed E-state index contributed by atoms with van der Waals surface area (Å²) in [5, 5.41) is 13.6. The van der Waals surface area contributed by atoms with Crippen LogP contribution < -0.4 is 24.6 Å². The Labute approximate surface area is 139 Å². The van der Waals surface area contributed by atoms with E-state index in [4.69, 9.17) is 14.2 Å². The van der Waals surface area contributed by atoms with Gasteiger partial charge in [-0.25, -0.2) is 0 Å². The van der Waals surface area contributed by atoms with Crippen molar-refractivity contribution in [2.24, 2.45) is 0 Å². The van der Waals surface area contributed by atoms with Crippen LogP contribution in [0.5, 0.6) is 17.2 Å². The van der Waals surface area contributed by atoms with Crippen LogP contribution in [0, 0.1) is 0 Å². The maximum atomic E-state index is 12.7. The predicted molar refractivity (Wildman–Crippen MR) is 90.9 cm³/mol. The minimum absolute atomic E-state index is 0.125. The normalized spacial score (nSPS) is 11.2. The van der Waals surface area contributed by atoms with Gasteiger partial charge in [0.25, 0.3) is 0 Å². The van der Waals surface area contributed by atoms with Crippen molar-refractivity contribution >= 4 is 34.9 Å². The lowest BCUT2D eigenvalue weighted by Crippen LogP contribution is -2.20. The second-order valence-electron chi connectivity index (χ2n) is 4.25. The zero-order chi connectivity index (χ0) is 16.1. The molecule has 0 N–H and O–H groups in total. The summed E-state index contributed by atoms with van der Waals surface area (Å²) in [5.41, 5.74) is 0.237. The van der Waals surface area contributed by atoms with Crippen molar-refractivity contribution in [1.29, 1.82) is 0 Å². The molecule has 0 amide bonds. The van der Waals surface area contributed by atoms with E-state index >= 15 is 0 Å². The first-order valence-corrected chi connectivity index (χ1v) is 8.10. The number of hydrogen-bond acceptors (Lipinski definition) is 4. The fraction of sp³-hybridized carbons (Fsp3) is 0.188. The fourth-order valence-electron chi connectivity index (χ4n) is 2.02. The van der Waals surface area contributed by atoms with E-state index in [2.05, 4.69) is 15.9 Å². The van der Waals surface area contributed by atoms with Gasteiger partial charge >= 0.3 is 0 Å². The smallest absolute Gasteiger partial charge is 0.171 e. The monoisotopic (exact) mass is 381 g/mol. The number of halogens is 1. The van der Waals surface area contributed by atoms with Crippen LogP contribution in [0.3, 0.4) is 0 Å².